The monoisotopic (exact) mass is 443 g/mol. The molecule has 0 fully saturated rings. The zero-order chi connectivity index (χ0) is 18.4. The number of nitrogens with one attached hydrogen (secondary N) is 1. The van der Waals surface area contributed by atoms with Gasteiger partial charge < -0.3 is 0 Å². The van der Waals surface area contributed by atoms with Gasteiger partial charge in [0.2, 0.25) is 10.0 Å². The lowest BCUT2D eigenvalue weighted by molar-refractivity contribution is -0.119. The summed E-state index contributed by atoms with van der Waals surface area (Å²) in [6.45, 7) is -0.391. The Balaban J connectivity index is 2.04. The molecule has 1 amide bonds. The molecule has 0 heterocycles. The third-order valence-electron chi connectivity index (χ3n) is 3.08. The summed E-state index contributed by atoms with van der Waals surface area (Å²) in [4.78, 5) is 12.0. The fourth-order valence-corrected chi connectivity index (χ4v) is 3.15. The second-order valence-electron chi connectivity index (χ2n) is 5.09. The molecule has 1 N–H and O–H groups in total. The number of carbonyl (C=O) groups excluding carboxylic acids is 1. The molecule has 0 bridgehead atoms. The van der Waals surface area contributed by atoms with E-state index in [0.717, 1.165) is 20.6 Å². The molecule has 132 valence electrons. The minimum Gasteiger partial charge on any atom is -0.271 e. The Morgan fingerprint density at radius 3 is 2.36 bits per heavy atom. The van der Waals surface area contributed by atoms with Gasteiger partial charge in [0.1, 0.15) is 6.54 Å². The van der Waals surface area contributed by atoms with Crippen molar-refractivity contribution >= 4 is 55.4 Å². The molecular weight excluding hydrogens is 430 g/mol. The number of hydrogen-bond donors (Lipinski definition) is 1. The van der Waals surface area contributed by atoms with E-state index in [9.17, 15) is 13.2 Å². The molecule has 25 heavy (non-hydrogen) atoms. The van der Waals surface area contributed by atoms with Crippen LogP contribution < -0.4 is 9.73 Å². The van der Waals surface area contributed by atoms with Gasteiger partial charge in [-0.15, -0.1) is 0 Å². The highest BCUT2D eigenvalue weighted by atomic mass is 79.9. The Labute approximate surface area is 159 Å². The third kappa shape index (κ3) is 6.15. The van der Waals surface area contributed by atoms with Crippen LogP contribution >= 0.6 is 27.5 Å². The average molecular weight is 445 g/mol. The lowest BCUT2D eigenvalue weighted by atomic mass is 10.2. The summed E-state index contributed by atoms with van der Waals surface area (Å²) in [5.74, 6) is -0.561. The predicted octanol–water partition coefficient (Wildman–Crippen LogP) is 3.02. The maximum absolute atomic E-state index is 12.0. The number of sulfonamides is 1. The lowest BCUT2D eigenvalue weighted by Gasteiger charge is -2.21. The smallest absolute Gasteiger partial charge is 0.260 e. The zero-order valence-electron chi connectivity index (χ0n) is 13.2. The Bertz CT molecular complexity index is 869. The van der Waals surface area contributed by atoms with Gasteiger partial charge in [-0.25, -0.2) is 13.8 Å². The molecule has 2 aromatic rings. The van der Waals surface area contributed by atoms with Gasteiger partial charge in [-0.05, 0) is 42.0 Å². The second kappa shape index (κ2) is 8.46. The summed E-state index contributed by atoms with van der Waals surface area (Å²) in [6.07, 6.45) is 2.50. The summed E-state index contributed by atoms with van der Waals surface area (Å²) in [5.41, 5.74) is 3.46. The van der Waals surface area contributed by atoms with Crippen molar-refractivity contribution in [3.8, 4) is 0 Å². The van der Waals surface area contributed by atoms with Crippen molar-refractivity contribution in [1.29, 1.82) is 0 Å². The number of hydrazone groups is 1. The molecule has 0 aliphatic carbocycles. The molecule has 0 aliphatic rings. The number of carbonyl (C=O) groups is 1. The first kappa shape index (κ1) is 19.4. The topological polar surface area (TPSA) is 78.8 Å². The number of amides is 1. The van der Waals surface area contributed by atoms with Crippen LogP contribution in [-0.2, 0) is 14.8 Å². The van der Waals surface area contributed by atoms with Gasteiger partial charge >= 0.3 is 0 Å². The molecule has 9 heteroatoms. The predicted molar refractivity (Wildman–Crippen MR) is 104 cm³/mol. The van der Waals surface area contributed by atoms with Gasteiger partial charge in [-0.2, -0.15) is 5.10 Å². The van der Waals surface area contributed by atoms with Crippen molar-refractivity contribution in [3.63, 3.8) is 0 Å². The van der Waals surface area contributed by atoms with E-state index >= 15 is 0 Å². The Kier molecular flexibility index (Phi) is 6.57. The zero-order valence-corrected chi connectivity index (χ0v) is 16.3. The normalized spacial score (nSPS) is 11.5. The van der Waals surface area contributed by atoms with Gasteiger partial charge in [0.25, 0.3) is 5.91 Å². The third-order valence-corrected chi connectivity index (χ3v) is 5.00. The molecule has 0 radical (unpaired) electrons. The molecule has 0 saturated heterocycles. The summed E-state index contributed by atoms with van der Waals surface area (Å²) in [7, 11) is -3.64. The van der Waals surface area contributed by atoms with E-state index in [2.05, 4.69) is 26.5 Å². The SMILES string of the molecule is CS(=O)(=O)N(CC(=O)N/N=C\c1ccc(Br)cc1)c1ccc(Cl)cc1. The fourth-order valence-electron chi connectivity index (χ4n) is 1.90. The molecule has 2 aromatic carbocycles. The van der Waals surface area contributed by atoms with Crippen molar-refractivity contribution in [2.75, 3.05) is 17.1 Å². The van der Waals surface area contributed by atoms with Crippen LogP contribution in [0.25, 0.3) is 0 Å². The van der Waals surface area contributed by atoms with E-state index in [0.29, 0.717) is 10.7 Å². The Morgan fingerprint density at radius 2 is 1.80 bits per heavy atom. The molecular formula is C16H15BrClN3O3S. The summed E-state index contributed by atoms with van der Waals surface area (Å²) < 4.78 is 25.8. The average Bonchev–Trinajstić information content (AvgIpc) is 2.54. The molecule has 0 unspecified atom stereocenters. The van der Waals surface area contributed by atoms with Gasteiger partial charge in [0, 0.05) is 9.50 Å². The van der Waals surface area contributed by atoms with Crippen molar-refractivity contribution in [2.45, 2.75) is 0 Å². The minimum absolute atomic E-state index is 0.346. The van der Waals surface area contributed by atoms with E-state index in [1.165, 1.54) is 18.3 Å². The van der Waals surface area contributed by atoms with Crippen LogP contribution in [0.5, 0.6) is 0 Å². The van der Waals surface area contributed by atoms with Crippen LogP contribution in [0.3, 0.4) is 0 Å². The first-order valence-corrected chi connectivity index (χ1v) is 10.1. The Morgan fingerprint density at radius 1 is 1.20 bits per heavy atom. The molecule has 0 spiro atoms. The number of halogens is 2. The highest BCUT2D eigenvalue weighted by molar-refractivity contribution is 9.10. The van der Waals surface area contributed by atoms with Crippen molar-refractivity contribution in [1.82, 2.24) is 5.43 Å². The largest absolute Gasteiger partial charge is 0.271 e. The van der Waals surface area contributed by atoms with Gasteiger partial charge in [0.15, 0.2) is 0 Å². The minimum atomic E-state index is -3.64. The molecule has 2 rings (SSSR count). The van der Waals surface area contributed by atoms with Crippen LogP contribution in [-0.4, -0.2) is 33.3 Å². The second-order valence-corrected chi connectivity index (χ2v) is 8.35. The number of nitrogens with zero attached hydrogens (tertiary/aromatic N) is 2. The molecule has 0 aliphatic heterocycles. The molecule has 0 aromatic heterocycles. The summed E-state index contributed by atoms with van der Waals surface area (Å²) in [5, 5.41) is 4.30. The summed E-state index contributed by atoms with van der Waals surface area (Å²) >= 11 is 9.13. The highest BCUT2D eigenvalue weighted by Crippen LogP contribution is 2.20. The van der Waals surface area contributed by atoms with E-state index in [1.54, 1.807) is 12.1 Å². The van der Waals surface area contributed by atoms with Crippen LogP contribution in [0.4, 0.5) is 5.69 Å². The number of anilines is 1. The van der Waals surface area contributed by atoms with E-state index in [4.69, 9.17) is 11.6 Å². The van der Waals surface area contributed by atoms with Crippen LogP contribution in [0.1, 0.15) is 5.56 Å². The first-order chi connectivity index (χ1) is 11.8. The van der Waals surface area contributed by atoms with E-state index in [1.807, 2.05) is 24.3 Å². The van der Waals surface area contributed by atoms with Gasteiger partial charge in [0.05, 0.1) is 18.2 Å². The highest BCUT2D eigenvalue weighted by Gasteiger charge is 2.20. The molecule has 0 saturated carbocycles. The number of hydrogen-bond acceptors (Lipinski definition) is 4. The maximum atomic E-state index is 12.0. The Hall–Kier alpha value is -1.90. The van der Waals surface area contributed by atoms with Crippen LogP contribution in [0, 0.1) is 0 Å². The standard InChI is InChI=1S/C16H15BrClN3O3S/c1-25(23,24)21(15-8-6-14(18)7-9-15)11-16(22)20-19-10-12-2-4-13(17)5-3-12/h2-10H,11H2,1H3,(H,20,22)/b19-10-. The fraction of sp³-hybridized carbons (Fsp3) is 0.125. The maximum Gasteiger partial charge on any atom is 0.260 e. The lowest BCUT2D eigenvalue weighted by Crippen LogP contribution is -2.38. The van der Waals surface area contributed by atoms with Crippen molar-refractivity contribution in [2.24, 2.45) is 5.10 Å². The quantitative estimate of drug-likeness (QED) is 0.549. The summed E-state index contributed by atoms with van der Waals surface area (Å²) in [6, 6.07) is 13.5. The van der Waals surface area contributed by atoms with Crippen molar-refractivity contribution < 1.29 is 13.2 Å². The van der Waals surface area contributed by atoms with Crippen molar-refractivity contribution in [3.05, 3.63) is 63.6 Å². The molecule has 6 nitrogen and oxygen atoms in total. The van der Waals surface area contributed by atoms with E-state index in [-0.39, 0.29) is 0 Å². The van der Waals surface area contributed by atoms with Crippen LogP contribution in [0.15, 0.2) is 58.1 Å². The number of rotatable bonds is 6. The van der Waals surface area contributed by atoms with Crippen LogP contribution in [0.2, 0.25) is 5.02 Å². The van der Waals surface area contributed by atoms with E-state index < -0.39 is 22.5 Å². The first-order valence-electron chi connectivity index (χ1n) is 7.06. The molecule has 0 atom stereocenters. The van der Waals surface area contributed by atoms with Gasteiger partial charge in [-0.3, -0.25) is 9.10 Å². The van der Waals surface area contributed by atoms with Gasteiger partial charge in [-0.1, -0.05) is 39.7 Å². The number of benzene rings is 2.